The van der Waals surface area contributed by atoms with Crippen molar-refractivity contribution in [2.45, 2.75) is 11.8 Å². The van der Waals surface area contributed by atoms with Gasteiger partial charge >= 0.3 is 5.97 Å². The molecule has 2 bridgehead atoms. The van der Waals surface area contributed by atoms with Crippen molar-refractivity contribution in [2.75, 3.05) is 31.0 Å². The summed E-state index contributed by atoms with van der Waals surface area (Å²) < 4.78 is 15.6. The minimum absolute atomic E-state index is 0.181. The van der Waals surface area contributed by atoms with Crippen molar-refractivity contribution in [3.8, 4) is 11.5 Å². The SMILES string of the molecule is COc1ccc(NC(=O)COC(=O)c2ccc(N3C(=O)[C@H]4C5c6ccccc6C(c6ccccc65)[C@@H]4C3=O)cc2)c(OC)c1. The normalized spacial score (nSPS) is 20.8. The lowest BCUT2D eigenvalue weighted by atomic mass is 9.55. The highest BCUT2D eigenvalue weighted by atomic mass is 16.5. The summed E-state index contributed by atoms with van der Waals surface area (Å²) in [5.41, 5.74) is 5.39. The van der Waals surface area contributed by atoms with Crippen LogP contribution in [0.3, 0.4) is 0 Å². The number of carbonyl (C=O) groups excluding carboxylic acids is 4. The third-order valence-corrected chi connectivity index (χ3v) is 8.83. The predicted octanol–water partition coefficient (Wildman–Crippen LogP) is 4.90. The second kappa shape index (κ2) is 10.7. The van der Waals surface area contributed by atoms with Crippen LogP contribution in [0.4, 0.5) is 11.4 Å². The van der Waals surface area contributed by atoms with Crippen LogP contribution in [0.2, 0.25) is 0 Å². The third-order valence-electron chi connectivity index (χ3n) is 8.83. The van der Waals surface area contributed by atoms with Crippen LogP contribution in [0.1, 0.15) is 44.4 Å². The van der Waals surface area contributed by atoms with Crippen LogP contribution >= 0.6 is 0 Å². The summed E-state index contributed by atoms with van der Waals surface area (Å²) in [6.07, 6.45) is 0. The van der Waals surface area contributed by atoms with Crippen LogP contribution in [-0.2, 0) is 19.1 Å². The molecule has 1 N–H and O–H groups in total. The summed E-state index contributed by atoms with van der Waals surface area (Å²) >= 11 is 0. The molecule has 4 aliphatic rings. The van der Waals surface area contributed by atoms with Gasteiger partial charge in [0.1, 0.15) is 11.5 Å². The second-order valence-corrected chi connectivity index (χ2v) is 11.0. The van der Waals surface area contributed by atoms with Gasteiger partial charge in [-0.25, -0.2) is 9.69 Å². The Morgan fingerprint density at radius 2 is 1.27 bits per heavy atom. The molecule has 0 radical (unpaired) electrons. The molecule has 9 heteroatoms. The quantitative estimate of drug-likeness (QED) is 0.242. The molecule has 0 saturated carbocycles. The number of carbonyl (C=O) groups is 4. The molecule has 4 aromatic rings. The molecule has 0 unspecified atom stereocenters. The molecular formula is C35H28N2O7. The zero-order valence-electron chi connectivity index (χ0n) is 24.0. The first-order valence-corrected chi connectivity index (χ1v) is 14.3. The maximum atomic E-state index is 13.9. The molecule has 9 nitrogen and oxygen atoms in total. The minimum Gasteiger partial charge on any atom is -0.497 e. The number of esters is 1. The van der Waals surface area contributed by atoms with E-state index in [1.165, 1.54) is 31.3 Å². The zero-order valence-corrected chi connectivity index (χ0v) is 24.0. The zero-order chi connectivity index (χ0) is 30.5. The number of imide groups is 1. The average Bonchev–Trinajstić information content (AvgIpc) is 3.33. The molecule has 1 aliphatic heterocycles. The first-order chi connectivity index (χ1) is 21.4. The van der Waals surface area contributed by atoms with Crippen molar-refractivity contribution in [1.82, 2.24) is 0 Å². The summed E-state index contributed by atoms with van der Waals surface area (Å²) in [5, 5.41) is 2.65. The Kier molecular flexibility index (Phi) is 6.65. The van der Waals surface area contributed by atoms with Gasteiger partial charge in [-0.15, -0.1) is 0 Å². The fourth-order valence-corrected chi connectivity index (χ4v) is 6.98. The van der Waals surface area contributed by atoms with E-state index in [-0.39, 0.29) is 29.2 Å². The summed E-state index contributed by atoms with van der Waals surface area (Å²) in [5.74, 6) is -2.17. The van der Waals surface area contributed by atoms with Crippen molar-refractivity contribution in [3.05, 3.63) is 119 Å². The molecule has 1 fully saturated rings. The lowest BCUT2D eigenvalue weighted by Gasteiger charge is -2.45. The van der Waals surface area contributed by atoms with Crippen molar-refractivity contribution >= 4 is 35.1 Å². The van der Waals surface area contributed by atoms with Crippen LogP contribution in [0.15, 0.2) is 91.0 Å². The molecule has 3 amide bonds. The van der Waals surface area contributed by atoms with Gasteiger partial charge in [-0.1, -0.05) is 48.5 Å². The van der Waals surface area contributed by atoms with Gasteiger partial charge in [-0.05, 0) is 58.7 Å². The largest absolute Gasteiger partial charge is 0.497 e. The number of anilines is 2. The lowest BCUT2D eigenvalue weighted by Crippen LogP contribution is -2.41. The number of nitrogens with one attached hydrogen (secondary N) is 1. The Labute approximate surface area is 253 Å². The molecular weight excluding hydrogens is 560 g/mol. The molecule has 2 atom stereocenters. The van der Waals surface area contributed by atoms with E-state index in [0.29, 0.717) is 22.9 Å². The smallest absolute Gasteiger partial charge is 0.338 e. The highest BCUT2D eigenvalue weighted by molar-refractivity contribution is 6.23. The number of rotatable bonds is 7. The van der Waals surface area contributed by atoms with Gasteiger partial charge in [0, 0.05) is 17.9 Å². The molecule has 3 aliphatic carbocycles. The van der Waals surface area contributed by atoms with Gasteiger partial charge in [0.05, 0.1) is 43.0 Å². The van der Waals surface area contributed by atoms with Gasteiger partial charge in [0.2, 0.25) is 11.8 Å². The molecule has 220 valence electrons. The minimum atomic E-state index is -0.718. The summed E-state index contributed by atoms with van der Waals surface area (Å²) in [6.45, 7) is -0.522. The van der Waals surface area contributed by atoms with E-state index < -0.39 is 30.3 Å². The fraction of sp³-hybridized carbons (Fsp3) is 0.200. The van der Waals surface area contributed by atoms with Crippen LogP contribution in [0, 0.1) is 11.8 Å². The van der Waals surface area contributed by atoms with E-state index in [0.717, 1.165) is 22.3 Å². The standard InChI is InChI=1S/C35H28N2O7/c1-42-21-15-16-26(27(17-21)43-2)36-28(38)18-44-35(41)19-11-13-20(14-12-19)37-33(39)31-29-22-7-3-4-8-23(22)30(32(31)34(37)40)25-10-6-5-9-24(25)29/h3-17,29-32H,18H2,1-2H3,(H,36,38)/t29?,30?,31-,32-/m0/s1. The third kappa shape index (κ3) is 4.23. The molecule has 1 heterocycles. The average molecular weight is 589 g/mol. The van der Waals surface area contributed by atoms with E-state index in [1.54, 1.807) is 30.3 Å². The molecule has 0 spiro atoms. The maximum absolute atomic E-state index is 13.9. The number of hydrogen-bond donors (Lipinski definition) is 1. The Morgan fingerprint density at radius 1 is 0.727 bits per heavy atom. The lowest BCUT2D eigenvalue weighted by molar-refractivity contribution is -0.122. The van der Waals surface area contributed by atoms with Crippen molar-refractivity contribution in [1.29, 1.82) is 0 Å². The van der Waals surface area contributed by atoms with E-state index in [1.807, 2.05) is 24.3 Å². The Hall–Kier alpha value is -5.44. The number of amides is 3. The van der Waals surface area contributed by atoms with Crippen molar-refractivity contribution in [2.24, 2.45) is 11.8 Å². The van der Waals surface area contributed by atoms with E-state index in [2.05, 4.69) is 29.6 Å². The topological polar surface area (TPSA) is 111 Å². The molecule has 0 aromatic heterocycles. The molecule has 44 heavy (non-hydrogen) atoms. The van der Waals surface area contributed by atoms with Gasteiger partial charge in [-0.3, -0.25) is 14.4 Å². The monoisotopic (exact) mass is 588 g/mol. The maximum Gasteiger partial charge on any atom is 0.338 e. The van der Waals surface area contributed by atoms with E-state index in [9.17, 15) is 19.2 Å². The predicted molar refractivity (Wildman–Crippen MR) is 161 cm³/mol. The van der Waals surface area contributed by atoms with Gasteiger partial charge < -0.3 is 19.5 Å². The molecule has 1 saturated heterocycles. The highest BCUT2D eigenvalue weighted by Gasteiger charge is 2.61. The van der Waals surface area contributed by atoms with Crippen LogP contribution in [-0.4, -0.2) is 44.5 Å². The summed E-state index contributed by atoms with van der Waals surface area (Å²) in [6, 6.07) is 27.2. The molecule has 8 rings (SSSR count). The molecule has 4 aromatic carbocycles. The van der Waals surface area contributed by atoms with Crippen molar-refractivity contribution < 1.29 is 33.4 Å². The number of hydrogen-bond acceptors (Lipinski definition) is 7. The van der Waals surface area contributed by atoms with E-state index >= 15 is 0 Å². The number of nitrogens with zero attached hydrogens (tertiary/aromatic N) is 1. The van der Waals surface area contributed by atoms with Crippen molar-refractivity contribution in [3.63, 3.8) is 0 Å². The van der Waals surface area contributed by atoms with Crippen LogP contribution in [0.5, 0.6) is 11.5 Å². The highest BCUT2D eigenvalue weighted by Crippen LogP contribution is 2.61. The summed E-state index contributed by atoms with van der Waals surface area (Å²) in [4.78, 5) is 54.3. The van der Waals surface area contributed by atoms with Gasteiger partial charge in [0.15, 0.2) is 6.61 Å². The summed E-state index contributed by atoms with van der Waals surface area (Å²) in [7, 11) is 2.99. The van der Waals surface area contributed by atoms with Crippen LogP contribution < -0.4 is 19.7 Å². The second-order valence-electron chi connectivity index (χ2n) is 11.0. The van der Waals surface area contributed by atoms with E-state index in [4.69, 9.17) is 14.2 Å². The Morgan fingerprint density at radius 3 is 1.77 bits per heavy atom. The number of ether oxygens (including phenoxy) is 3. The number of methoxy groups -OCH3 is 2. The first-order valence-electron chi connectivity index (χ1n) is 14.3. The first kappa shape index (κ1) is 27.4. The van der Waals surface area contributed by atoms with Gasteiger partial charge in [-0.2, -0.15) is 0 Å². The number of benzene rings is 4. The van der Waals surface area contributed by atoms with Gasteiger partial charge in [0.25, 0.3) is 5.91 Å². The Balaban J connectivity index is 1.06. The fourth-order valence-electron chi connectivity index (χ4n) is 6.98. The Bertz CT molecular complexity index is 1720. The van der Waals surface area contributed by atoms with Crippen LogP contribution in [0.25, 0.3) is 0 Å².